The van der Waals surface area contributed by atoms with E-state index in [2.05, 4.69) is 16.3 Å². The van der Waals surface area contributed by atoms with Crippen LogP contribution in [0.3, 0.4) is 0 Å². The van der Waals surface area contributed by atoms with Gasteiger partial charge in [-0.05, 0) is 35.5 Å². The molecule has 0 aliphatic rings. The Kier molecular flexibility index (Phi) is 4.62. The van der Waals surface area contributed by atoms with Crippen LogP contribution in [0.15, 0.2) is 23.1 Å². The molecule has 0 saturated heterocycles. The zero-order chi connectivity index (χ0) is 15.8. The van der Waals surface area contributed by atoms with E-state index >= 15 is 0 Å². The monoisotopic (exact) mass is 342 g/mol. The van der Waals surface area contributed by atoms with Crippen LogP contribution >= 0.6 is 23.4 Å². The highest BCUT2D eigenvalue weighted by molar-refractivity contribution is 8.00. The number of alkyl halides is 7. The maximum absolute atomic E-state index is 13.4. The Labute approximate surface area is 117 Å². The largest absolute Gasteiger partial charge is 0.526 e. The average Bonchev–Trinajstić information content (AvgIpc) is 2.18. The summed E-state index contributed by atoms with van der Waals surface area (Å²) < 4.78 is 77.8. The van der Waals surface area contributed by atoms with Gasteiger partial charge in [0, 0.05) is 6.07 Å². The molecule has 11 heteroatoms. The Balaban J connectivity index is 2.98. The van der Waals surface area contributed by atoms with E-state index in [1.54, 1.807) is 0 Å². The van der Waals surface area contributed by atoms with Gasteiger partial charge in [0.05, 0.1) is 4.90 Å². The summed E-state index contributed by atoms with van der Waals surface area (Å²) in [6.45, 7) is 0. The van der Waals surface area contributed by atoms with Crippen molar-refractivity contribution in [1.29, 1.82) is 0 Å². The van der Waals surface area contributed by atoms with Gasteiger partial charge in [-0.3, -0.25) is 0 Å². The molecule has 0 aromatic heterocycles. The maximum Gasteiger partial charge on any atom is 0.526 e. The molecule has 0 spiro atoms. The van der Waals surface area contributed by atoms with E-state index in [0.29, 0.717) is 6.07 Å². The van der Waals surface area contributed by atoms with Crippen molar-refractivity contribution >= 4 is 23.4 Å². The second-order valence-corrected chi connectivity index (χ2v) is 4.98. The molecule has 0 bridgehead atoms. The third-order valence-electron chi connectivity index (χ3n) is 1.76. The Bertz CT molecular complexity index is 493. The molecule has 1 atom stereocenters. The minimum absolute atomic E-state index is 0.487. The predicted molar refractivity (Wildman–Crippen MR) is 57.4 cm³/mol. The van der Waals surface area contributed by atoms with Crippen molar-refractivity contribution < 1.29 is 41.3 Å². The molecule has 114 valence electrons. The van der Waals surface area contributed by atoms with E-state index in [9.17, 15) is 31.4 Å². The van der Waals surface area contributed by atoms with Crippen molar-refractivity contribution in [1.82, 2.24) is 0 Å². The van der Waals surface area contributed by atoms with Crippen LogP contribution < -0.4 is 0 Å². The highest BCUT2D eigenvalue weighted by Gasteiger charge is 2.61. The van der Waals surface area contributed by atoms with Gasteiger partial charge in [-0.2, -0.15) is 13.2 Å². The zero-order valence-electron chi connectivity index (χ0n) is 9.09. The molecular formula is C9H5ClF6O3S. The molecule has 0 radical (unpaired) electrons. The lowest BCUT2D eigenvalue weighted by molar-refractivity contribution is -0.391. The van der Waals surface area contributed by atoms with Crippen LogP contribution in [0.2, 0.25) is 0 Å². The average molecular weight is 343 g/mol. The highest BCUT2D eigenvalue weighted by Crippen LogP contribution is 2.52. The molecule has 0 amide bonds. The fourth-order valence-corrected chi connectivity index (χ4v) is 1.93. The first-order valence-electron chi connectivity index (χ1n) is 4.57. The molecule has 0 aliphatic heterocycles. The van der Waals surface area contributed by atoms with Crippen LogP contribution in [-0.2, 0) is 4.74 Å². The maximum atomic E-state index is 13.4. The summed E-state index contributed by atoms with van der Waals surface area (Å²) in [5.41, 5.74) is 0. The van der Waals surface area contributed by atoms with Gasteiger partial charge in [0.1, 0.15) is 11.5 Å². The van der Waals surface area contributed by atoms with Crippen molar-refractivity contribution in [2.45, 2.75) is 21.8 Å². The predicted octanol–water partition coefficient (Wildman–Crippen LogP) is 4.18. The SMILES string of the molecule is Oc1ccc(SC(F)(F)[C@@](F)(Cl)OC(F)(F)F)c(O)c1. The van der Waals surface area contributed by atoms with Crippen molar-refractivity contribution in [2.24, 2.45) is 0 Å². The van der Waals surface area contributed by atoms with Crippen LogP contribution in [0.25, 0.3) is 0 Å². The molecule has 20 heavy (non-hydrogen) atoms. The lowest BCUT2D eigenvalue weighted by Gasteiger charge is -2.27. The van der Waals surface area contributed by atoms with E-state index in [-0.39, 0.29) is 0 Å². The number of hydrogen-bond donors (Lipinski definition) is 2. The summed E-state index contributed by atoms with van der Waals surface area (Å²) in [5, 5.41) is 8.38. The number of halogens is 7. The fourth-order valence-electron chi connectivity index (χ4n) is 0.994. The molecule has 0 unspecified atom stereocenters. The van der Waals surface area contributed by atoms with Gasteiger partial charge in [0.15, 0.2) is 0 Å². The summed E-state index contributed by atoms with van der Waals surface area (Å²) >= 11 is 3.64. The normalized spacial score (nSPS) is 15.9. The lowest BCUT2D eigenvalue weighted by Crippen LogP contribution is -2.43. The first kappa shape index (κ1) is 17.1. The highest BCUT2D eigenvalue weighted by atomic mass is 35.5. The number of aromatic hydroxyl groups is 2. The third-order valence-corrected chi connectivity index (χ3v) is 3.27. The van der Waals surface area contributed by atoms with Crippen LogP contribution in [0, 0.1) is 0 Å². The minimum atomic E-state index is -5.72. The topological polar surface area (TPSA) is 49.7 Å². The van der Waals surface area contributed by atoms with E-state index in [4.69, 9.17) is 5.11 Å². The summed E-state index contributed by atoms with van der Waals surface area (Å²) in [5.74, 6) is -1.38. The summed E-state index contributed by atoms with van der Waals surface area (Å²) in [6.07, 6.45) is -5.72. The standard InChI is InChI=1S/C9H5ClF6O3S/c10-7(11,19-9(14,15)16)8(12,13)20-6-2-1-4(17)3-5(6)18/h1-3,17-18H/t7-/m0/s1. The summed E-state index contributed by atoms with van der Waals surface area (Å²) in [7, 11) is 0. The van der Waals surface area contributed by atoms with E-state index in [0.717, 1.165) is 12.1 Å². The van der Waals surface area contributed by atoms with Crippen molar-refractivity contribution in [3.8, 4) is 11.5 Å². The van der Waals surface area contributed by atoms with Crippen LogP contribution in [0.1, 0.15) is 0 Å². The molecule has 3 nitrogen and oxygen atoms in total. The second-order valence-electron chi connectivity index (χ2n) is 3.34. The van der Waals surface area contributed by atoms with Gasteiger partial charge in [0.2, 0.25) is 0 Å². The van der Waals surface area contributed by atoms with Gasteiger partial charge < -0.3 is 10.2 Å². The van der Waals surface area contributed by atoms with E-state index < -0.39 is 45.1 Å². The number of ether oxygens (including phenoxy) is 1. The first-order valence-corrected chi connectivity index (χ1v) is 5.77. The van der Waals surface area contributed by atoms with Gasteiger partial charge in [-0.25, -0.2) is 4.74 Å². The van der Waals surface area contributed by atoms with Gasteiger partial charge in [-0.1, -0.05) is 0 Å². The molecule has 2 N–H and O–H groups in total. The Morgan fingerprint density at radius 1 is 1.05 bits per heavy atom. The Hall–Kier alpha value is -1.00. The quantitative estimate of drug-likeness (QED) is 0.489. The minimum Gasteiger partial charge on any atom is -0.508 e. The van der Waals surface area contributed by atoms with Crippen LogP contribution in [0.4, 0.5) is 26.3 Å². The Morgan fingerprint density at radius 3 is 2.05 bits per heavy atom. The number of thioether (sulfide) groups is 1. The molecule has 0 heterocycles. The molecule has 1 rings (SSSR count). The third kappa shape index (κ3) is 4.25. The molecular weight excluding hydrogens is 338 g/mol. The molecule has 0 aliphatic carbocycles. The number of rotatable bonds is 4. The number of phenols is 2. The molecule has 1 aromatic carbocycles. The first-order chi connectivity index (χ1) is 8.84. The number of hydrogen-bond acceptors (Lipinski definition) is 4. The fraction of sp³-hybridized carbons (Fsp3) is 0.333. The van der Waals surface area contributed by atoms with Crippen molar-refractivity contribution in [3.63, 3.8) is 0 Å². The van der Waals surface area contributed by atoms with E-state index in [1.807, 2.05) is 0 Å². The number of benzene rings is 1. The Morgan fingerprint density at radius 2 is 1.60 bits per heavy atom. The zero-order valence-corrected chi connectivity index (χ0v) is 10.7. The van der Waals surface area contributed by atoms with Crippen molar-refractivity contribution in [2.75, 3.05) is 0 Å². The molecule has 0 saturated carbocycles. The smallest absolute Gasteiger partial charge is 0.508 e. The molecule has 1 aromatic rings. The summed E-state index contributed by atoms with van der Waals surface area (Å²) in [4.78, 5) is -0.707. The second kappa shape index (κ2) is 5.41. The van der Waals surface area contributed by atoms with Crippen LogP contribution in [-0.4, -0.2) is 27.1 Å². The van der Waals surface area contributed by atoms with E-state index in [1.165, 1.54) is 0 Å². The van der Waals surface area contributed by atoms with Gasteiger partial charge in [0.25, 0.3) is 0 Å². The van der Waals surface area contributed by atoms with Gasteiger partial charge >= 0.3 is 16.9 Å². The van der Waals surface area contributed by atoms with Crippen LogP contribution in [0.5, 0.6) is 11.5 Å². The summed E-state index contributed by atoms with van der Waals surface area (Å²) in [6, 6.07) is 2.23. The van der Waals surface area contributed by atoms with Gasteiger partial charge in [-0.15, -0.1) is 13.2 Å². The molecule has 0 fully saturated rings. The van der Waals surface area contributed by atoms with Crippen molar-refractivity contribution in [3.05, 3.63) is 18.2 Å². The lowest BCUT2D eigenvalue weighted by atomic mass is 10.3. The number of phenolic OH excluding ortho intramolecular Hbond substituents is 2.